The van der Waals surface area contributed by atoms with Gasteiger partial charge >= 0.3 is 5.97 Å². The molecule has 0 aliphatic carbocycles. The third kappa shape index (κ3) is 2.66. The lowest BCUT2D eigenvalue weighted by Gasteiger charge is -2.19. The summed E-state index contributed by atoms with van der Waals surface area (Å²) in [6.45, 7) is 4.68. The van der Waals surface area contributed by atoms with Crippen molar-refractivity contribution in [3.05, 3.63) is 28.8 Å². The average molecular weight is 378 g/mol. The fourth-order valence-corrected chi connectivity index (χ4v) is 3.20. The van der Waals surface area contributed by atoms with Gasteiger partial charge in [0.2, 0.25) is 11.8 Å². The first-order valence-electron chi connectivity index (χ1n) is 7.97. The number of carbonyl (C=O) groups excluding carboxylic acids is 4. The van der Waals surface area contributed by atoms with Crippen LogP contribution in [0.3, 0.4) is 0 Å². The van der Waals surface area contributed by atoms with Gasteiger partial charge in [-0.2, -0.15) is 5.10 Å². The maximum Gasteiger partial charge on any atom is 0.355 e. The van der Waals surface area contributed by atoms with Crippen LogP contribution in [0.1, 0.15) is 19.4 Å². The summed E-state index contributed by atoms with van der Waals surface area (Å²) >= 11 is 6.10. The molecule has 0 radical (unpaired) electrons. The number of hydrogen-bond donors (Lipinski definition) is 0. The van der Waals surface area contributed by atoms with Gasteiger partial charge in [0.25, 0.3) is 5.91 Å². The normalized spacial score (nSPS) is 21.8. The Morgan fingerprint density at radius 2 is 1.96 bits per heavy atom. The molecular formula is C17H16ClN3O5. The van der Waals surface area contributed by atoms with E-state index in [9.17, 15) is 19.2 Å². The highest BCUT2D eigenvalue weighted by molar-refractivity contribution is 6.47. The standard InChI is InChI=1S/C17H16ClN3O5/c1-4-26-17(25)13-12-14(21(19-13)9(3)22)16(24)20(15(12)23)10-6-5-8(2)11(18)7-10/h5-7,12,14H,4H2,1-3H3/t12-,14-/m0/s1. The molecule has 1 aromatic rings. The van der Waals surface area contributed by atoms with Crippen LogP contribution < -0.4 is 4.90 Å². The number of anilines is 1. The second-order valence-corrected chi connectivity index (χ2v) is 6.34. The number of carbonyl (C=O) groups is 4. The first-order chi connectivity index (χ1) is 12.3. The van der Waals surface area contributed by atoms with Gasteiger partial charge in [0.05, 0.1) is 12.3 Å². The van der Waals surface area contributed by atoms with E-state index in [0.717, 1.165) is 15.5 Å². The number of nitrogens with zero attached hydrogens (tertiary/aromatic N) is 3. The van der Waals surface area contributed by atoms with Crippen molar-refractivity contribution in [2.45, 2.75) is 26.8 Å². The Morgan fingerprint density at radius 3 is 2.54 bits per heavy atom. The van der Waals surface area contributed by atoms with Gasteiger partial charge < -0.3 is 4.74 Å². The first kappa shape index (κ1) is 18.1. The van der Waals surface area contributed by atoms with Crippen molar-refractivity contribution in [2.75, 3.05) is 11.5 Å². The second-order valence-electron chi connectivity index (χ2n) is 5.94. The fourth-order valence-electron chi connectivity index (χ4n) is 3.02. The maximum absolute atomic E-state index is 12.9. The van der Waals surface area contributed by atoms with E-state index in [1.165, 1.54) is 13.0 Å². The number of hydrogen-bond acceptors (Lipinski definition) is 6. The summed E-state index contributed by atoms with van der Waals surface area (Å²) in [5.74, 6) is -3.85. The van der Waals surface area contributed by atoms with E-state index in [1.54, 1.807) is 26.0 Å². The van der Waals surface area contributed by atoms with Gasteiger partial charge in [0.15, 0.2) is 11.8 Å². The molecule has 0 saturated carbocycles. The molecule has 136 valence electrons. The smallest absolute Gasteiger partial charge is 0.355 e. The first-order valence-corrected chi connectivity index (χ1v) is 8.35. The Balaban J connectivity index is 2.05. The van der Waals surface area contributed by atoms with Crippen LogP contribution in [0, 0.1) is 12.8 Å². The van der Waals surface area contributed by atoms with Gasteiger partial charge in [-0.05, 0) is 31.5 Å². The van der Waals surface area contributed by atoms with Crippen molar-refractivity contribution in [3.63, 3.8) is 0 Å². The lowest BCUT2D eigenvalue weighted by molar-refractivity contribution is -0.136. The molecule has 0 unspecified atom stereocenters. The molecule has 26 heavy (non-hydrogen) atoms. The Kier molecular flexibility index (Phi) is 4.53. The van der Waals surface area contributed by atoms with Crippen LogP contribution in [0.25, 0.3) is 0 Å². The number of ether oxygens (including phenoxy) is 1. The number of imide groups is 1. The summed E-state index contributed by atoms with van der Waals surface area (Å²) in [6.07, 6.45) is 0. The van der Waals surface area contributed by atoms with Crippen molar-refractivity contribution >= 4 is 46.7 Å². The number of hydrazone groups is 1. The zero-order valence-corrected chi connectivity index (χ0v) is 15.1. The minimum Gasteiger partial charge on any atom is -0.461 e. The van der Waals surface area contributed by atoms with Gasteiger partial charge in [-0.3, -0.25) is 14.4 Å². The Hall–Kier alpha value is -2.74. The lowest BCUT2D eigenvalue weighted by atomic mass is 9.98. The largest absolute Gasteiger partial charge is 0.461 e. The van der Waals surface area contributed by atoms with Crippen molar-refractivity contribution in [2.24, 2.45) is 11.0 Å². The number of fused-ring (bicyclic) bond motifs is 1. The van der Waals surface area contributed by atoms with E-state index >= 15 is 0 Å². The van der Waals surface area contributed by atoms with Crippen LogP contribution in [0.4, 0.5) is 5.69 Å². The van der Waals surface area contributed by atoms with Gasteiger partial charge in [-0.15, -0.1) is 0 Å². The van der Waals surface area contributed by atoms with Gasteiger partial charge in [0, 0.05) is 11.9 Å². The third-order valence-corrected chi connectivity index (χ3v) is 4.68. The minimum atomic E-state index is -1.19. The maximum atomic E-state index is 12.9. The highest BCUT2D eigenvalue weighted by Gasteiger charge is 2.59. The van der Waals surface area contributed by atoms with Crippen molar-refractivity contribution in [1.82, 2.24) is 5.01 Å². The Labute approximate surface area is 154 Å². The summed E-state index contributed by atoms with van der Waals surface area (Å²) in [7, 11) is 0. The topological polar surface area (TPSA) is 96.3 Å². The molecule has 0 bridgehead atoms. The van der Waals surface area contributed by atoms with Crippen LogP contribution in [-0.4, -0.2) is 47.1 Å². The Morgan fingerprint density at radius 1 is 1.27 bits per heavy atom. The molecule has 2 aliphatic rings. The minimum absolute atomic E-state index is 0.0781. The van der Waals surface area contributed by atoms with Crippen molar-refractivity contribution in [1.29, 1.82) is 0 Å². The number of halogens is 1. The van der Waals surface area contributed by atoms with Gasteiger partial charge in [-0.1, -0.05) is 17.7 Å². The number of esters is 1. The van der Waals surface area contributed by atoms with E-state index < -0.39 is 35.7 Å². The summed E-state index contributed by atoms with van der Waals surface area (Å²) < 4.78 is 4.91. The molecule has 1 aromatic carbocycles. The zero-order chi connectivity index (χ0) is 19.2. The van der Waals surface area contributed by atoms with Crippen LogP contribution in [-0.2, 0) is 23.9 Å². The predicted molar refractivity (Wildman–Crippen MR) is 92.5 cm³/mol. The predicted octanol–water partition coefficient (Wildman–Crippen LogP) is 1.29. The number of benzene rings is 1. The van der Waals surface area contributed by atoms with Crippen LogP contribution >= 0.6 is 11.6 Å². The molecule has 3 rings (SSSR count). The summed E-state index contributed by atoms with van der Waals surface area (Å²) in [5.41, 5.74) is 0.816. The molecule has 9 heteroatoms. The van der Waals surface area contributed by atoms with Gasteiger partial charge in [0.1, 0.15) is 5.92 Å². The monoisotopic (exact) mass is 377 g/mol. The van der Waals surface area contributed by atoms with Crippen LogP contribution in [0.2, 0.25) is 5.02 Å². The molecular weight excluding hydrogens is 362 g/mol. The highest BCUT2D eigenvalue weighted by atomic mass is 35.5. The van der Waals surface area contributed by atoms with E-state index in [-0.39, 0.29) is 18.0 Å². The number of amides is 3. The summed E-state index contributed by atoms with van der Waals surface area (Å²) in [4.78, 5) is 50.8. The molecule has 3 amide bonds. The van der Waals surface area contributed by atoms with E-state index in [4.69, 9.17) is 16.3 Å². The van der Waals surface area contributed by atoms with Gasteiger partial charge in [-0.25, -0.2) is 14.7 Å². The molecule has 8 nitrogen and oxygen atoms in total. The molecule has 0 N–H and O–H groups in total. The molecule has 0 aromatic heterocycles. The molecule has 2 aliphatic heterocycles. The molecule has 1 saturated heterocycles. The average Bonchev–Trinajstić information content (AvgIpc) is 3.09. The highest BCUT2D eigenvalue weighted by Crippen LogP contribution is 2.36. The molecule has 0 spiro atoms. The van der Waals surface area contributed by atoms with Crippen molar-refractivity contribution < 1.29 is 23.9 Å². The quantitative estimate of drug-likeness (QED) is 0.584. The number of aryl methyl sites for hydroxylation is 1. The van der Waals surface area contributed by atoms with Crippen molar-refractivity contribution in [3.8, 4) is 0 Å². The molecule has 2 atom stereocenters. The fraction of sp³-hybridized carbons (Fsp3) is 0.353. The lowest BCUT2D eigenvalue weighted by Crippen LogP contribution is -2.41. The van der Waals surface area contributed by atoms with Crippen LogP contribution in [0.5, 0.6) is 0 Å². The molecule has 2 heterocycles. The zero-order valence-electron chi connectivity index (χ0n) is 14.4. The van der Waals surface area contributed by atoms with E-state index in [1.807, 2.05) is 0 Å². The Bertz CT molecular complexity index is 866. The van der Waals surface area contributed by atoms with E-state index in [2.05, 4.69) is 5.10 Å². The second kappa shape index (κ2) is 6.53. The van der Waals surface area contributed by atoms with E-state index in [0.29, 0.717) is 5.02 Å². The summed E-state index contributed by atoms with van der Waals surface area (Å²) in [6, 6.07) is 3.55. The number of rotatable bonds is 3. The third-order valence-electron chi connectivity index (χ3n) is 4.27. The summed E-state index contributed by atoms with van der Waals surface area (Å²) in [5, 5.41) is 5.14. The SMILES string of the molecule is CCOC(=O)C1=NN(C(C)=O)[C@@H]2C(=O)N(c3ccc(C)c(Cl)c3)C(=O)[C@@H]12. The van der Waals surface area contributed by atoms with Crippen LogP contribution in [0.15, 0.2) is 23.3 Å². The molecule has 1 fully saturated rings.